The van der Waals surface area contributed by atoms with Gasteiger partial charge >= 0.3 is 0 Å². The molecule has 2 aromatic carbocycles. The van der Waals surface area contributed by atoms with Gasteiger partial charge in [-0.25, -0.2) is 0 Å². The van der Waals surface area contributed by atoms with E-state index in [1.54, 1.807) is 13.8 Å². The van der Waals surface area contributed by atoms with Crippen LogP contribution in [0.2, 0.25) is 0 Å². The molecule has 1 fully saturated rings. The normalized spacial score (nSPS) is 20.2. The number of hydrogen-bond acceptors (Lipinski definition) is 6. The van der Waals surface area contributed by atoms with Crippen molar-refractivity contribution in [2.24, 2.45) is 10.8 Å². The van der Waals surface area contributed by atoms with Crippen LogP contribution in [0.4, 0.5) is 0 Å². The second-order valence-corrected chi connectivity index (χ2v) is 12.1. The van der Waals surface area contributed by atoms with Gasteiger partial charge in [0.1, 0.15) is 34.0 Å². The molecule has 2 atom stereocenters. The summed E-state index contributed by atoms with van der Waals surface area (Å²) in [5.41, 5.74) is 3.37. The molecular formula is C32H36N4O4. The third-order valence-corrected chi connectivity index (χ3v) is 7.73. The average molecular weight is 541 g/mol. The van der Waals surface area contributed by atoms with E-state index in [1.165, 1.54) is 0 Å². The smallest absolute Gasteiger partial charge is 0.257 e. The van der Waals surface area contributed by atoms with Gasteiger partial charge in [0.25, 0.3) is 11.8 Å². The molecule has 2 N–H and O–H groups in total. The first-order valence-electron chi connectivity index (χ1n) is 13.7. The summed E-state index contributed by atoms with van der Waals surface area (Å²) in [6.45, 7) is 10.6. The fourth-order valence-electron chi connectivity index (χ4n) is 6.38. The Morgan fingerprint density at radius 1 is 0.800 bits per heavy atom. The van der Waals surface area contributed by atoms with E-state index in [0.717, 1.165) is 30.4 Å². The minimum atomic E-state index is -0.237. The lowest BCUT2D eigenvalue weighted by Crippen LogP contribution is -2.50. The molecule has 2 amide bonds. The van der Waals surface area contributed by atoms with Crippen molar-refractivity contribution < 1.29 is 18.6 Å². The van der Waals surface area contributed by atoms with Gasteiger partial charge in [-0.15, -0.1) is 0 Å². The molecule has 0 aliphatic heterocycles. The van der Waals surface area contributed by atoms with E-state index in [-0.39, 0.29) is 28.7 Å². The summed E-state index contributed by atoms with van der Waals surface area (Å²) in [4.78, 5) is 26.9. The van der Waals surface area contributed by atoms with Crippen LogP contribution in [-0.2, 0) is 0 Å². The Morgan fingerprint density at radius 2 is 1.30 bits per heavy atom. The highest BCUT2D eigenvalue weighted by Gasteiger charge is 2.42. The number of nitrogens with one attached hydrogen (secondary N) is 2. The number of rotatable bonds is 7. The summed E-state index contributed by atoms with van der Waals surface area (Å²) in [6, 6.07) is 19.1. The Bertz CT molecular complexity index is 1510. The van der Waals surface area contributed by atoms with E-state index in [1.807, 2.05) is 60.7 Å². The molecular weight excluding hydrogens is 504 g/mol. The van der Waals surface area contributed by atoms with Crippen LogP contribution in [0.25, 0.3) is 22.5 Å². The van der Waals surface area contributed by atoms with Crippen molar-refractivity contribution in [3.8, 4) is 22.5 Å². The lowest BCUT2D eigenvalue weighted by molar-refractivity contribution is 0.0591. The highest BCUT2D eigenvalue weighted by molar-refractivity contribution is 6.01. The minimum Gasteiger partial charge on any atom is -0.360 e. The van der Waals surface area contributed by atoms with Gasteiger partial charge in [0.2, 0.25) is 0 Å². The molecule has 0 saturated heterocycles. The second kappa shape index (κ2) is 10.8. The van der Waals surface area contributed by atoms with E-state index in [9.17, 15) is 9.59 Å². The molecule has 1 saturated carbocycles. The van der Waals surface area contributed by atoms with Gasteiger partial charge in [0.05, 0.1) is 0 Å². The largest absolute Gasteiger partial charge is 0.360 e. The highest BCUT2D eigenvalue weighted by atomic mass is 16.5. The summed E-state index contributed by atoms with van der Waals surface area (Å²) < 4.78 is 10.8. The predicted molar refractivity (Wildman–Crippen MR) is 153 cm³/mol. The minimum absolute atomic E-state index is 0.0378. The summed E-state index contributed by atoms with van der Waals surface area (Å²) >= 11 is 0. The Hall–Kier alpha value is -4.20. The van der Waals surface area contributed by atoms with Gasteiger partial charge in [-0.2, -0.15) is 0 Å². The number of amides is 2. The zero-order valence-electron chi connectivity index (χ0n) is 23.7. The highest BCUT2D eigenvalue weighted by Crippen LogP contribution is 2.46. The van der Waals surface area contributed by atoms with Crippen molar-refractivity contribution in [2.75, 3.05) is 6.54 Å². The number of hydrogen-bond donors (Lipinski definition) is 2. The van der Waals surface area contributed by atoms with Crippen molar-refractivity contribution >= 4 is 11.8 Å². The van der Waals surface area contributed by atoms with Gasteiger partial charge in [0.15, 0.2) is 0 Å². The molecule has 0 unspecified atom stereocenters. The SMILES string of the molecule is Cc1onc(-c2ccccc2)c1C(=O)NC[C@]1(C)C[C@H](NC(=O)c2c(-c3ccccc3)noc2C)CC(C)(C)C1. The Kier molecular flexibility index (Phi) is 7.36. The summed E-state index contributed by atoms with van der Waals surface area (Å²) in [5.74, 6) is 0.559. The maximum atomic E-state index is 13.5. The zero-order valence-corrected chi connectivity index (χ0v) is 23.7. The number of carbonyl (C=O) groups is 2. The summed E-state index contributed by atoms with van der Waals surface area (Å²) in [7, 11) is 0. The van der Waals surface area contributed by atoms with Crippen LogP contribution < -0.4 is 10.6 Å². The molecule has 40 heavy (non-hydrogen) atoms. The van der Waals surface area contributed by atoms with Gasteiger partial charge in [-0.1, -0.05) is 91.7 Å². The van der Waals surface area contributed by atoms with Crippen LogP contribution in [-0.4, -0.2) is 34.7 Å². The molecule has 5 rings (SSSR count). The third kappa shape index (κ3) is 5.71. The molecule has 0 bridgehead atoms. The molecule has 0 spiro atoms. The summed E-state index contributed by atoms with van der Waals surface area (Å²) in [5, 5.41) is 14.7. The molecule has 0 radical (unpaired) electrons. The molecule has 2 heterocycles. The first-order chi connectivity index (χ1) is 19.1. The van der Waals surface area contributed by atoms with E-state index in [2.05, 4.69) is 41.7 Å². The standard InChI is InChI=1S/C32H36N4O4/c1-20-25(27(35-39-20)22-12-8-6-9-13-22)29(37)33-19-32(5)17-24(16-31(3,4)18-32)34-30(38)26-21(2)40-36-28(26)23-14-10-7-11-15-23/h6-15,24H,16-19H2,1-5H3,(H,33,37)(H,34,38)/t24-,32-/m1/s1. The van der Waals surface area contributed by atoms with Crippen LogP contribution in [0, 0.1) is 24.7 Å². The molecule has 208 valence electrons. The Morgan fingerprint density at radius 3 is 1.82 bits per heavy atom. The number of aromatic nitrogens is 2. The van der Waals surface area contributed by atoms with E-state index >= 15 is 0 Å². The number of nitrogens with zero attached hydrogens (tertiary/aromatic N) is 2. The maximum Gasteiger partial charge on any atom is 0.257 e. The van der Waals surface area contributed by atoms with Crippen LogP contribution >= 0.6 is 0 Å². The number of aryl methyl sites for hydroxylation is 2. The zero-order chi connectivity index (χ0) is 28.5. The molecule has 1 aliphatic carbocycles. The maximum absolute atomic E-state index is 13.5. The number of carbonyl (C=O) groups excluding carboxylic acids is 2. The second-order valence-electron chi connectivity index (χ2n) is 12.1. The van der Waals surface area contributed by atoms with Crippen molar-refractivity contribution in [1.29, 1.82) is 0 Å². The quantitative estimate of drug-likeness (QED) is 0.282. The molecule has 8 nitrogen and oxygen atoms in total. The van der Waals surface area contributed by atoms with Crippen LogP contribution in [0.1, 0.15) is 72.3 Å². The van der Waals surface area contributed by atoms with E-state index < -0.39 is 0 Å². The molecule has 8 heteroatoms. The third-order valence-electron chi connectivity index (χ3n) is 7.73. The first kappa shape index (κ1) is 27.4. The van der Waals surface area contributed by atoms with Crippen LogP contribution in [0.5, 0.6) is 0 Å². The lowest BCUT2D eigenvalue weighted by Gasteiger charge is -2.47. The topological polar surface area (TPSA) is 110 Å². The number of benzene rings is 2. The van der Waals surface area contributed by atoms with Crippen molar-refractivity contribution in [1.82, 2.24) is 20.9 Å². The summed E-state index contributed by atoms with van der Waals surface area (Å²) in [6.07, 6.45) is 2.46. The van der Waals surface area contributed by atoms with E-state index in [4.69, 9.17) is 9.05 Å². The van der Waals surface area contributed by atoms with E-state index in [0.29, 0.717) is 40.6 Å². The van der Waals surface area contributed by atoms with Crippen molar-refractivity contribution in [3.05, 3.63) is 83.3 Å². The lowest BCUT2D eigenvalue weighted by atomic mass is 9.62. The van der Waals surface area contributed by atoms with Gasteiger partial charge < -0.3 is 19.7 Å². The fourth-order valence-corrected chi connectivity index (χ4v) is 6.38. The molecule has 4 aromatic rings. The monoisotopic (exact) mass is 540 g/mol. The molecule has 2 aromatic heterocycles. The predicted octanol–water partition coefficient (Wildman–Crippen LogP) is 6.36. The average Bonchev–Trinajstić information content (AvgIpc) is 3.49. The van der Waals surface area contributed by atoms with Crippen molar-refractivity contribution in [2.45, 2.75) is 59.9 Å². The van der Waals surface area contributed by atoms with Crippen LogP contribution in [0.3, 0.4) is 0 Å². The van der Waals surface area contributed by atoms with Gasteiger partial charge in [0, 0.05) is 23.7 Å². The first-order valence-corrected chi connectivity index (χ1v) is 13.7. The van der Waals surface area contributed by atoms with Gasteiger partial charge in [-0.3, -0.25) is 9.59 Å². The van der Waals surface area contributed by atoms with Crippen LogP contribution in [0.15, 0.2) is 69.7 Å². The fraction of sp³-hybridized carbons (Fsp3) is 0.375. The van der Waals surface area contributed by atoms with Gasteiger partial charge in [-0.05, 0) is 43.9 Å². The Labute approximate surface area is 234 Å². The Balaban J connectivity index is 1.31. The molecule has 1 aliphatic rings. The van der Waals surface area contributed by atoms with Crippen molar-refractivity contribution in [3.63, 3.8) is 0 Å².